The maximum Gasteiger partial charge on any atom is 0.313 e. The van der Waals surface area contributed by atoms with E-state index in [2.05, 4.69) is 16.3 Å². The topological polar surface area (TPSA) is 76.4 Å². The van der Waals surface area contributed by atoms with Gasteiger partial charge in [0.15, 0.2) is 0 Å². The van der Waals surface area contributed by atoms with Crippen molar-refractivity contribution in [3.8, 4) is 6.07 Å². The highest BCUT2D eigenvalue weighted by Gasteiger charge is 2.24. The molecule has 1 aromatic carbocycles. The van der Waals surface area contributed by atoms with Crippen LogP contribution < -0.4 is 5.32 Å². The number of benzene rings is 1. The van der Waals surface area contributed by atoms with Crippen LogP contribution in [0.25, 0.3) is 0 Å². The second-order valence-corrected chi connectivity index (χ2v) is 6.72. The third kappa shape index (κ3) is 4.33. The summed E-state index contributed by atoms with van der Waals surface area (Å²) < 4.78 is 0. The Kier molecular flexibility index (Phi) is 5.58. The van der Waals surface area contributed by atoms with Crippen molar-refractivity contribution < 1.29 is 9.59 Å². The third-order valence-electron chi connectivity index (χ3n) is 4.34. The molecule has 1 heterocycles. The van der Waals surface area contributed by atoms with Crippen LogP contribution in [0.1, 0.15) is 25.8 Å². The Morgan fingerprint density at radius 2 is 1.79 bits per heavy atom. The molecule has 128 valence electrons. The number of anilines is 1. The van der Waals surface area contributed by atoms with Gasteiger partial charge in [0.2, 0.25) is 0 Å². The van der Waals surface area contributed by atoms with E-state index < -0.39 is 17.2 Å². The fourth-order valence-electron chi connectivity index (χ4n) is 2.61. The van der Waals surface area contributed by atoms with Gasteiger partial charge in [-0.25, -0.2) is 0 Å². The molecule has 0 aromatic heterocycles. The van der Waals surface area contributed by atoms with Gasteiger partial charge in [-0.1, -0.05) is 12.1 Å². The molecule has 0 spiro atoms. The molecule has 1 aromatic rings. The summed E-state index contributed by atoms with van der Waals surface area (Å²) in [7, 11) is 2.01. The van der Waals surface area contributed by atoms with Crippen LogP contribution in [0.4, 0.5) is 5.69 Å². The number of hydrogen-bond acceptors (Lipinski definition) is 4. The van der Waals surface area contributed by atoms with Crippen LogP contribution in [0.5, 0.6) is 0 Å². The first-order valence-corrected chi connectivity index (χ1v) is 8.14. The number of rotatable bonds is 2. The molecular weight excluding hydrogens is 304 g/mol. The van der Waals surface area contributed by atoms with E-state index in [9.17, 15) is 9.59 Å². The molecule has 0 saturated carbocycles. The van der Waals surface area contributed by atoms with Crippen molar-refractivity contribution in [1.29, 1.82) is 5.26 Å². The molecular formula is C18H24N4O2. The number of carbonyl (C=O) groups is 2. The van der Waals surface area contributed by atoms with Gasteiger partial charge in [-0.05, 0) is 51.6 Å². The minimum Gasteiger partial charge on any atom is -0.333 e. The molecule has 6 heteroatoms. The summed E-state index contributed by atoms with van der Waals surface area (Å²) in [5.41, 5.74) is 0.832. The molecule has 1 aliphatic rings. The van der Waals surface area contributed by atoms with Gasteiger partial charge >= 0.3 is 11.8 Å². The van der Waals surface area contributed by atoms with Crippen LogP contribution in [0.3, 0.4) is 0 Å². The van der Waals surface area contributed by atoms with Crippen molar-refractivity contribution in [3.05, 3.63) is 29.8 Å². The molecule has 0 radical (unpaired) electrons. The van der Waals surface area contributed by atoms with Crippen molar-refractivity contribution in [2.45, 2.75) is 25.7 Å². The standard InChI is InChI=1S/C18H24N4O2/c1-18(2,13-19)14-5-7-15(8-6-14)20-16(23)17(24)22-10-4-9-21(3)11-12-22/h5-8H,4,9-12H2,1-3H3,(H,20,23). The van der Waals surface area contributed by atoms with Crippen LogP contribution >= 0.6 is 0 Å². The second-order valence-electron chi connectivity index (χ2n) is 6.72. The van der Waals surface area contributed by atoms with Gasteiger partial charge in [-0.15, -0.1) is 0 Å². The fraction of sp³-hybridized carbons (Fsp3) is 0.500. The Morgan fingerprint density at radius 1 is 1.12 bits per heavy atom. The van der Waals surface area contributed by atoms with Gasteiger partial charge in [-0.2, -0.15) is 5.26 Å². The summed E-state index contributed by atoms with van der Waals surface area (Å²) in [4.78, 5) is 28.2. The van der Waals surface area contributed by atoms with Crippen molar-refractivity contribution >= 4 is 17.5 Å². The zero-order valence-electron chi connectivity index (χ0n) is 14.5. The fourth-order valence-corrected chi connectivity index (χ4v) is 2.61. The van der Waals surface area contributed by atoms with Crippen LogP contribution in [0, 0.1) is 11.3 Å². The second kappa shape index (κ2) is 7.45. The lowest BCUT2D eigenvalue weighted by Gasteiger charge is -2.20. The zero-order valence-corrected chi connectivity index (χ0v) is 14.5. The minimum absolute atomic E-state index is 0.494. The van der Waals surface area contributed by atoms with Gasteiger partial charge in [0.25, 0.3) is 0 Å². The molecule has 1 aliphatic heterocycles. The SMILES string of the molecule is CN1CCCN(C(=O)C(=O)Nc2ccc(C(C)(C)C#N)cc2)CC1. The third-order valence-corrected chi connectivity index (χ3v) is 4.34. The summed E-state index contributed by atoms with van der Waals surface area (Å²) in [6.07, 6.45) is 0.869. The number of likely N-dealkylation sites (N-methyl/N-ethyl adjacent to an activating group) is 1. The number of hydrogen-bond donors (Lipinski definition) is 1. The summed E-state index contributed by atoms with van der Waals surface area (Å²) in [5, 5.41) is 11.8. The van der Waals surface area contributed by atoms with E-state index >= 15 is 0 Å². The van der Waals surface area contributed by atoms with E-state index in [0.717, 1.165) is 25.1 Å². The Balaban J connectivity index is 1.99. The number of nitrogens with zero attached hydrogens (tertiary/aromatic N) is 3. The van der Waals surface area contributed by atoms with Crippen LogP contribution in [-0.2, 0) is 15.0 Å². The lowest BCUT2D eigenvalue weighted by atomic mass is 9.86. The largest absolute Gasteiger partial charge is 0.333 e. The molecule has 0 atom stereocenters. The average molecular weight is 328 g/mol. The molecule has 6 nitrogen and oxygen atoms in total. The molecule has 2 rings (SSSR count). The van der Waals surface area contributed by atoms with E-state index in [1.165, 1.54) is 0 Å². The van der Waals surface area contributed by atoms with Gasteiger partial charge in [0, 0.05) is 25.3 Å². The van der Waals surface area contributed by atoms with Gasteiger partial charge in [-0.3, -0.25) is 9.59 Å². The average Bonchev–Trinajstić information content (AvgIpc) is 2.79. The number of nitrogens with one attached hydrogen (secondary N) is 1. The lowest BCUT2D eigenvalue weighted by Crippen LogP contribution is -2.41. The number of carbonyl (C=O) groups excluding carboxylic acids is 2. The predicted molar refractivity (Wildman–Crippen MR) is 92.4 cm³/mol. The van der Waals surface area contributed by atoms with E-state index in [0.29, 0.717) is 18.8 Å². The highest BCUT2D eigenvalue weighted by molar-refractivity contribution is 6.39. The first-order chi connectivity index (χ1) is 11.3. The van der Waals surface area contributed by atoms with E-state index in [-0.39, 0.29) is 0 Å². The Bertz CT molecular complexity index is 646. The molecule has 1 fully saturated rings. The molecule has 0 bridgehead atoms. The molecule has 0 unspecified atom stereocenters. The van der Waals surface area contributed by atoms with Crippen LogP contribution in [0.2, 0.25) is 0 Å². The molecule has 2 amide bonds. The molecule has 1 N–H and O–H groups in total. The van der Waals surface area contributed by atoms with Crippen molar-refractivity contribution in [3.63, 3.8) is 0 Å². The highest BCUT2D eigenvalue weighted by Crippen LogP contribution is 2.23. The van der Waals surface area contributed by atoms with E-state index in [4.69, 9.17) is 5.26 Å². The Hall–Kier alpha value is -2.39. The zero-order chi connectivity index (χ0) is 17.7. The van der Waals surface area contributed by atoms with Gasteiger partial charge in [0.1, 0.15) is 0 Å². The minimum atomic E-state index is -0.619. The van der Waals surface area contributed by atoms with E-state index in [1.54, 1.807) is 29.2 Å². The molecule has 24 heavy (non-hydrogen) atoms. The van der Waals surface area contributed by atoms with Crippen molar-refractivity contribution in [2.24, 2.45) is 0 Å². The summed E-state index contributed by atoms with van der Waals surface area (Å²) >= 11 is 0. The normalized spacial score (nSPS) is 16.2. The summed E-state index contributed by atoms with van der Waals surface area (Å²) in [5.74, 6) is -1.11. The maximum absolute atomic E-state index is 12.3. The highest BCUT2D eigenvalue weighted by atomic mass is 16.2. The van der Waals surface area contributed by atoms with Crippen molar-refractivity contribution in [1.82, 2.24) is 9.80 Å². The molecule has 1 saturated heterocycles. The van der Waals surface area contributed by atoms with E-state index in [1.807, 2.05) is 20.9 Å². The lowest BCUT2D eigenvalue weighted by molar-refractivity contribution is -0.143. The van der Waals surface area contributed by atoms with Crippen LogP contribution in [0.15, 0.2) is 24.3 Å². The number of nitriles is 1. The van der Waals surface area contributed by atoms with Crippen LogP contribution in [-0.4, -0.2) is 54.8 Å². The number of amides is 2. The molecule has 0 aliphatic carbocycles. The van der Waals surface area contributed by atoms with Gasteiger partial charge in [0.05, 0.1) is 11.5 Å². The Morgan fingerprint density at radius 3 is 2.42 bits per heavy atom. The first-order valence-electron chi connectivity index (χ1n) is 8.14. The van der Waals surface area contributed by atoms with Gasteiger partial charge < -0.3 is 15.1 Å². The summed E-state index contributed by atoms with van der Waals surface area (Å²) in [6.45, 7) is 6.55. The maximum atomic E-state index is 12.3. The predicted octanol–water partition coefficient (Wildman–Crippen LogP) is 1.59. The van der Waals surface area contributed by atoms with Crippen molar-refractivity contribution in [2.75, 3.05) is 38.5 Å². The quantitative estimate of drug-likeness (QED) is 0.837. The monoisotopic (exact) mass is 328 g/mol. The Labute approximate surface area is 143 Å². The first kappa shape index (κ1) is 18.0. The summed E-state index contributed by atoms with van der Waals surface area (Å²) in [6, 6.07) is 9.26. The smallest absolute Gasteiger partial charge is 0.313 e.